The molecule has 0 amide bonds. The molecule has 0 spiro atoms. The monoisotopic (exact) mass is 396 g/mol. The Bertz CT molecular complexity index is 768. The van der Waals surface area contributed by atoms with Gasteiger partial charge in [-0.2, -0.15) is 0 Å². The number of ether oxygens (including phenoxy) is 2. The van der Waals surface area contributed by atoms with Crippen LogP contribution in [-0.2, 0) is 9.47 Å². The quantitative estimate of drug-likeness (QED) is 0.515. The molecule has 2 rings (SSSR count). The zero-order valence-corrected chi connectivity index (χ0v) is 18.0. The summed E-state index contributed by atoms with van der Waals surface area (Å²) in [7, 11) is 0. The first kappa shape index (κ1) is 22.7. The van der Waals surface area contributed by atoms with Gasteiger partial charge in [0.2, 0.25) is 0 Å². The molecule has 29 heavy (non-hydrogen) atoms. The SMILES string of the molecule is CC(C)C(COC(=O)c1ccccc1)C(C(C)C)C(C)OC(=O)c1ccccc1. The van der Waals surface area contributed by atoms with E-state index in [0.717, 1.165) is 0 Å². The molecule has 0 aliphatic carbocycles. The van der Waals surface area contributed by atoms with Crippen LogP contribution in [-0.4, -0.2) is 24.6 Å². The molecule has 4 nitrogen and oxygen atoms in total. The van der Waals surface area contributed by atoms with Crippen LogP contribution in [0, 0.1) is 23.7 Å². The Morgan fingerprint density at radius 3 is 1.66 bits per heavy atom. The molecule has 3 unspecified atom stereocenters. The largest absolute Gasteiger partial charge is 0.462 e. The van der Waals surface area contributed by atoms with Crippen LogP contribution in [0.3, 0.4) is 0 Å². The number of benzene rings is 2. The van der Waals surface area contributed by atoms with E-state index in [4.69, 9.17) is 9.47 Å². The highest BCUT2D eigenvalue weighted by molar-refractivity contribution is 5.89. The van der Waals surface area contributed by atoms with Gasteiger partial charge in [-0.3, -0.25) is 0 Å². The van der Waals surface area contributed by atoms with Gasteiger partial charge in [-0.25, -0.2) is 9.59 Å². The van der Waals surface area contributed by atoms with E-state index >= 15 is 0 Å². The molecule has 0 aliphatic rings. The smallest absolute Gasteiger partial charge is 0.338 e. The molecule has 0 saturated carbocycles. The summed E-state index contributed by atoms with van der Waals surface area (Å²) in [6, 6.07) is 18.0. The fourth-order valence-corrected chi connectivity index (χ4v) is 3.85. The Hall–Kier alpha value is -2.62. The first-order chi connectivity index (χ1) is 13.8. The first-order valence-corrected chi connectivity index (χ1v) is 10.3. The number of esters is 2. The molecule has 0 bridgehead atoms. The molecule has 2 aromatic carbocycles. The molecule has 0 aromatic heterocycles. The lowest BCUT2D eigenvalue weighted by Crippen LogP contribution is -2.38. The van der Waals surface area contributed by atoms with E-state index in [-0.39, 0.29) is 41.7 Å². The second-order valence-corrected chi connectivity index (χ2v) is 8.17. The second-order valence-electron chi connectivity index (χ2n) is 8.17. The van der Waals surface area contributed by atoms with Gasteiger partial charge in [-0.05, 0) is 43.0 Å². The Morgan fingerprint density at radius 1 is 0.724 bits per heavy atom. The fraction of sp³-hybridized carbons (Fsp3) is 0.440. The second kappa shape index (κ2) is 10.8. The van der Waals surface area contributed by atoms with Crippen molar-refractivity contribution in [3.8, 4) is 0 Å². The van der Waals surface area contributed by atoms with Crippen molar-refractivity contribution < 1.29 is 19.1 Å². The fourth-order valence-electron chi connectivity index (χ4n) is 3.85. The lowest BCUT2D eigenvalue weighted by atomic mass is 9.75. The third-order valence-electron chi connectivity index (χ3n) is 5.38. The summed E-state index contributed by atoms with van der Waals surface area (Å²) in [5.41, 5.74) is 1.08. The van der Waals surface area contributed by atoms with Gasteiger partial charge in [0, 0.05) is 11.8 Å². The van der Waals surface area contributed by atoms with Crippen LogP contribution in [0.1, 0.15) is 55.3 Å². The molecule has 0 fully saturated rings. The van der Waals surface area contributed by atoms with E-state index < -0.39 is 0 Å². The Morgan fingerprint density at radius 2 is 1.21 bits per heavy atom. The van der Waals surface area contributed by atoms with E-state index in [1.54, 1.807) is 24.3 Å². The molecule has 0 heterocycles. The van der Waals surface area contributed by atoms with E-state index in [0.29, 0.717) is 17.7 Å². The van der Waals surface area contributed by atoms with Crippen LogP contribution in [0.2, 0.25) is 0 Å². The minimum atomic E-state index is -0.326. The van der Waals surface area contributed by atoms with Crippen LogP contribution >= 0.6 is 0 Å². The van der Waals surface area contributed by atoms with E-state index in [1.165, 1.54) is 0 Å². The molecule has 0 N–H and O–H groups in total. The van der Waals surface area contributed by atoms with Crippen LogP contribution < -0.4 is 0 Å². The van der Waals surface area contributed by atoms with Gasteiger partial charge < -0.3 is 9.47 Å². The topological polar surface area (TPSA) is 52.6 Å². The standard InChI is InChI=1S/C25H32O4/c1-17(2)22(16-28-24(26)20-12-8-6-9-13-20)23(18(3)4)19(5)29-25(27)21-14-10-7-11-15-21/h6-15,17-19,22-23H,16H2,1-5H3. The van der Waals surface area contributed by atoms with Gasteiger partial charge in [0.25, 0.3) is 0 Å². The van der Waals surface area contributed by atoms with Gasteiger partial charge in [-0.15, -0.1) is 0 Å². The van der Waals surface area contributed by atoms with Crippen molar-refractivity contribution in [2.45, 2.75) is 40.7 Å². The summed E-state index contributed by atoms with van der Waals surface area (Å²) in [5.74, 6) is 0.00736. The van der Waals surface area contributed by atoms with Gasteiger partial charge in [0.15, 0.2) is 0 Å². The number of carbonyl (C=O) groups is 2. The van der Waals surface area contributed by atoms with Crippen LogP contribution in [0.25, 0.3) is 0 Å². The van der Waals surface area contributed by atoms with Crippen molar-refractivity contribution in [3.05, 3.63) is 71.8 Å². The number of hydrogen-bond donors (Lipinski definition) is 0. The minimum Gasteiger partial charge on any atom is -0.462 e. The van der Waals surface area contributed by atoms with E-state index in [2.05, 4.69) is 27.7 Å². The van der Waals surface area contributed by atoms with Crippen molar-refractivity contribution in [1.29, 1.82) is 0 Å². The van der Waals surface area contributed by atoms with Gasteiger partial charge >= 0.3 is 11.9 Å². The molecule has 3 atom stereocenters. The highest BCUT2D eigenvalue weighted by Gasteiger charge is 2.35. The average molecular weight is 397 g/mol. The predicted octanol–water partition coefficient (Wildman–Crippen LogP) is 5.63. The summed E-state index contributed by atoms with van der Waals surface area (Å²) in [6.07, 6.45) is -0.300. The maximum Gasteiger partial charge on any atom is 0.338 e. The average Bonchev–Trinajstić information content (AvgIpc) is 2.71. The van der Waals surface area contributed by atoms with Gasteiger partial charge in [-0.1, -0.05) is 64.1 Å². The molecule has 156 valence electrons. The summed E-state index contributed by atoms with van der Waals surface area (Å²) < 4.78 is 11.4. The number of rotatable bonds is 9. The first-order valence-electron chi connectivity index (χ1n) is 10.3. The lowest BCUT2D eigenvalue weighted by Gasteiger charge is -2.36. The zero-order chi connectivity index (χ0) is 21.4. The van der Waals surface area contributed by atoms with Crippen molar-refractivity contribution in [2.24, 2.45) is 23.7 Å². The van der Waals surface area contributed by atoms with Crippen LogP contribution in [0.4, 0.5) is 0 Å². The van der Waals surface area contributed by atoms with Gasteiger partial charge in [0.05, 0.1) is 17.7 Å². The predicted molar refractivity (Wildman–Crippen MR) is 115 cm³/mol. The molecule has 0 radical (unpaired) electrons. The summed E-state index contributed by atoms with van der Waals surface area (Å²) in [5, 5.41) is 0. The summed E-state index contributed by atoms with van der Waals surface area (Å²) in [4.78, 5) is 24.9. The van der Waals surface area contributed by atoms with Crippen LogP contribution in [0.15, 0.2) is 60.7 Å². The Labute approximate surface area is 174 Å². The zero-order valence-electron chi connectivity index (χ0n) is 18.0. The van der Waals surface area contributed by atoms with E-state index in [9.17, 15) is 9.59 Å². The van der Waals surface area contributed by atoms with Gasteiger partial charge in [0.1, 0.15) is 6.10 Å². The maximum atomic E-state index is 12.5. The van der Waals surface area contributed by atoms with Crippen LogP contribution in [0.5, 0.6) is 0 Å². The molecule has 0 aliphatic heterocycles. The Kier molecular flexibility index (Phi) is 8.44. The third-order valence-corrected chi connectivity index (χ3v) is 5.38. The van der Waals surface area contributed by atoms with Crippen molar-refractivity contribution >= 4 is 11.9 Å². The van der Waals surface area contributed by atoms with Crippen molar-refractivity contribution in [1.82, 2.24) is 0 Å². The Balaban J connectivity index is 2.09. The minimum absolute atomic E-state index is 0.0613. The molecular formula is C25H32O4. The highest BCUT2D eigenvalue weighted by atomic mass is 16.5. The summed E-state index contributed by atoms with van der Waals surface area (Å²) in [6.45, 7) is 10.7. The van der Waals surface area contributed by atoms with E-state index in [1.807, 2.05) is 43.3 Å². The number of hydrogen-bond acceptors (Lipinski definition) is 4. The van der Waals surface area contributed by atoms with Crippen molar-refractivity contribution in [2.75, 3.05) is 6.61 Å². The summed E-state index contributed by atoms with van der Waals surface area (Å²) >= 11 is 0. The number of carbonyl (C=O) groups excluding carboxylic acids is 2. The molecule has 0 saturated heterocycles. The molecule has 2 aromatic rings. The maximum absolute atomic E-state index is 12.5. The third kappa shape index (κ3) is 6.45. The molecule has 4 heteroatoms. The highest BCUT2D eigenvalue weighted by Crippen LogP contribution is 2.32. The molecular weight excluding hydrogens is 364 g/mol. The van der Waals surface area contributed by atoms with Crippen molar-refractivity contribution in [3.63, 3.8) is 0 Å². The normalized spacial score (nSPS) is 14.3. The lowest BCUT2D eigenvalue weighted by molar-refractivity contribution is -0.0246.